The van der Waals surface area contributed by atoms with Gasteiger partial charge in [0, 0.05) is 11.1 Å². The van der Waals surface area contributed by atoms with Crippen molar-refractivity contribution in [3.63, 3.8) is 0 Å². The van der Waals surface area contributed by atoms with Crippen molar-refractivity contribution in [3.05, 3.63) is 108 Å². The second kappa shape index (κ2) is 8.83. The van der Waals surface area contributed by atoms with Crippen LogP contribution in [0.25, 0.3) is 16.9 Å². The van der Waals surface area contributed by atoms with E-state index in [4.69, 9.17) is 0 Å². The third-order valence-electron chi connectivity index (χ3n) is 5.10. The molecule has 0 unspecified atom stereocenters. The van der Waals surface area contributed by atoms with Crippen LogP contribution in [0.1, 0.15) is 15.9 Å². The van der Waals surface area contributed by atoms with Crippen LogP contribution in [0.3, 0.4) is 0 Å². The number of anilines is 1. The quantitative estimate of drug-likeness (QED) is 0.432. The minimum absolute atomic E-state index is 0.317. The van der Waals surface area contributed by atoms with Crippen molar-refractivity contribution < 1.29 is 9.18 Å². The number of nitrogens with one attached hydrogen (secondary N) is 1. The molecule has 3 aromatic carbocycles. The molecule has 5 aromatic rings. The second-order valence-electron chi connectivity index (χ2n) is 7.32. The average molecular weight is 439 g/mol. The highest BCUT2D eigenvalue weighted by atomic mass is 19.1. The van der Waals surface area contributed by atoms with Crippen molar-refractivity contribution in [2.45, 2.75) is 6.54 Å². The van der Waals surface area contributed by atoms with Crippen LogP contribution in [-0.4, -0.2) is 35.7 Å². The number of rotatable bonds is 6. The lowest BCUT2D eigenvalue weighted by Gasteiger charge is -2.13. The Bertz CT molecular complexity index is 1380. The van der Waals surface area contributed by atoms with E-state index in [-0.39, 0.29) is 11.7 Å². The number of benzene rings is 3. The second-order valence-corrected chi connectivity index (χ2v) is 7.32. The zero-order chi connectivity index (χ0) is 22.6. The highest BCUT2D eigenvalue weighted by Gasteiger charge is 2.18. The van der Waals surface area contributed by atoms with Crippen molar-refractivity contribution in [1.29, 1.82) is 0 Å². The molecule has 0 atom stereocenters. The maximum atomic E-state index is 13.5. The lowest BCUT2D eigenvalue weighted by Crippen LogP contribution is -2.16. The Morgan fingerprint density at radius 3 is 2.52 bits per heavy atom. The summed E-state index contributed by atoms with van der Waals surface area (Å²) in [7, 11) is 0. The summed E-state index contributed by atoms with van der Waals surface area (Å²) < 4.78 is 16.8. The molecule has 0 saturated carbocycles. The van der Waals surface area contributed by atoms with E-state index in [1.54, 1.807) is 42.7 Å². The number of hydrogen-bond donors (Lipinski definition) is 1. The first-order chi connectivity index (χ1) is 16.2. The third-order valence-corrected chi connectivity index (χ3v) is 5.10. The van der Waals surface area contributed by atoms with E-state index < -0.39 is 0 Å². The van der Waals surface area contributed by atoms with Gasteiger partial charge in [-0.25, -0.2) is 14.1 Å². The van der Waals surface area contributed by atoms with Gasteiger partial charge in [0.15, 0.2) is 0 Å². The molecule has 33 heavy (non-hydrogen) atoms. The van der Waals surface area contributed by atoms with Gasteiger partial charge in [-0.2, -0.15) is 0 Å². The summed E-state index contributed by atoms with van der Waals surface area (Å²) in [5.41, 5.74) is 3.39. The van der Waals surface area contributed by atoms with Gasteiger partial charge in [-0.15, -0.1) is 5.10 Å². The predicted molar refractivity (Wildman–Crippen MR) is 120 cm³/mol. The number of amides is 1. The van der Waals surface area contributed by atoms with Gasteiger partial charge in [-0.1, -0.05) is 36.4 Å². The van der Waals surface area contributed by atoms with Crippen molar-refractivity contribution >= 4 is 11.7 Å². The molecule has 9 heteroatoms. The van der Waals surface area contributed by atoms with Crippen LogP contribution >= 0.6 is 0 Å². The smallest absolute Gasteiger partial charge is 0.256 e. The number of aromatic nitrogens is 6. The van der Waals surface area contributed by atoms with Crippen LogP contribution in [-0.2, 0) is 6.54 Å². The summed E-state index contributed by atoms with van der Waals surface area (Å²) in [6.07, 6.45) is 3.12. The molecule has 2 aromatic heterocycles. The Morgan fingerprint density at radius 1 is 0.939 bits per heavy atom. The molecule has 8 nitrogen and oxygen atoms in total. The molecule has 0 fully saturated rings. The number of carbonyl (C=O) groups excluding carboxylic acids is 1. The zero-order valence-electron chi connectivity index (χ0n) is 17.3. The minimum Gasteiger partial charge on any atom is -0.312 e. The lowest BCUT2D eigenvalue weighted by atomic mass is 10.1. The van der Waals surface area contributed by atoms with Crippen LogP contribution in [0.15, 0.2) is 91.5 Å². The van der Waals surface area contributed by atoms with Crippen LogP contribution < -0.4 is 5.32 Å². The topological polar surface area (TPSA) is 90.5 Å². The lowest BCUT2D eigenvalue weighted by molar-refractivity contribution is 0.102. The van der Waals surface area contributed by atoms with Gasteiger partial charge in [0.1, 0.15) is 23.7 Å². The van der Waals surface area contributed by atoms with E-state index in [0.717, 1.165) is 5.56 Å². The average Bonchev–Trinajstić information content (AvgIpc) is 3.52. The van der Waals surface area contributed by atoms with Gasteiger partial charge in [0.05, 0.1) is 18.6 Å². The Balaban J connectivity index is 1.50. The Morgan fingerprint density at radius 2 is 1.76 bits per heavy atom. The normalized spacial score (nSPS) is 10.8. The molecule has 0 radical (unpaired) electrons. The SMILES string of the molecule is O=C(Nc1c(-c2ccc(F)cc2)ncn1Cc1ccccc1)c1cccc(-n2cnnn2)c1. The molecular weight excluding hydrogens is 421 g/mol. The van der Waals surface area contributed by atoms with Gasteiger partial charge < -0.3 is 9.88 Å². The van der Waals surface area contributed by atoms with Crippen LogP contribution in [0, 0.1) is 5.82 Å². The molecule has 0 aliphatic heterocycles. The monoisotopic (exact) mass is 439 g/mol. The largest absolute Gasteiger partial charge is 0.312 e. The summed E-state index contributed by atoms with van der Waals surface area (Å²) in [5, 5.41) is 14.1. The molecule has 162 valence electrons. The van der Waals surface area contributed by atoms with E-state index in [1.807, 2.05) is 34.9 Å². The number of imidazole rings is 1. The van der Waals surface area contributed by atoms with Gasteiger partial charge in [0.2, 0.25) is 0 Å². The van der Waals surface area contributed by atoms with Crippen molar-refractivity contribution in [1.82, 2.24) is 29.8 Å². The van der Waals surface area contributed by atoms with E-state index in [1.165, 1.54) is 23.1 Å². The number of tetrazole rings is 1. The van der Waals surface area contributed by atoms with E-state index in [2.05, 4.69) is 25.8 Å². The first kappa shape index (κ1) is 20.3. The highest BCUT2D eigenvalue weighted by molar-refractivity contribution is 6.05. The summed E-state index contributed by atoms with van der Waals surface area (Å²) in [5.74, 6) is -0.140. The standard InChI is InChI=1S/C24H18FN7O/c25-20-11-9-18(10-12-20)22-23(31(15-26-22)14-17-5-2-1-3-6-17)28-24(33)19-7-4-8-21(13-19)32-16-27-29-30-32/h1-13,15-16H,14H2,(H,28,33). The summed E-state index contributed by atoms with van der Waals surface area (Å²) in [4.78, 5) is 17.7. The number of halogens is 1. The summed E-state index contributed by atoms with van der Waals surface area (Å²) in [6, 6.07) is 22.8. The molecule has 0 spiro atoms. The Labute approximate surface area is 188 Å². The number of nitrogens with zero attached hydrogens (tertiary/aromatic N) is 6. The molecule has 1 N–H and O–H groups in total. The zero-order valence-corrected chi connectivity index (χ0v) is 17.3. The first-order valence-electron chi connectivity index (χ1n) is 10.2. The Hall–Kier alpha value is -4.66. The van der Waals surface area contributed by atoms with Gasteiger partial charge >= 0.3 is 0 Å². The molecular formula is C24H18FN7O. The van der Waals surface area contributed by atoms with E-state index in [9.17, 15) is 9.18 Å². The molecule has 0 aliphatic rings. The van der Waals surface area contributed by atoms with Gasteiger partial charge in [0.25, 0.3) is 5.91 Å². The maximum absolute atomic E-state index is 13.5. The maximum Gasteiger partial charge on any atom is 0.256 e. The first-order valence-corrected chi connectivity index (χ1v) is 10.2. The fourth-order valence-electron chi connectivity index (χ4n) is 3.48. The van der Waals surface area contributed by atoms with Crippen LogP contribution in [0.5, 0.6) is 0 Å². The van der Waals surface area contributed by atoms with Gasteiger partial charge in [-0.3, -0.25) is 4.79 Å². The molecule has 2 heterocycles. The fraction of sp³-hybridized carbons (Fsp3) is 0.0417. The fourth-order valence-corrected chi connectivity index (χ4v) is 3.48. The highest BCUT2D eigenvalue weighted by Crippen LogP contribution is 2.28. The molecule has 5 rings (SSSR count). The minimum atomic E-state index is -0.340. The molecule has 0 bridgehead atoms. The third kappa shape index (κ3) is 4.38. The molecule has 1 amide bonds. The van der Waals surface area contributed by atoms with Gasteiger partial charge in [-0.05, 0) is 58.5 Å². The van der Waals surface area contributed by atoms with Crippen LogP contribution in [0.4, 0.5) is 10.2 Å². The van der Waals surface area contributed by atoms with E-state index >= 15 is 0 Å². The van der Waals surface area contributed by atoms with E-state index in [0.29, 0.717) is 34.9 Å². The Kier molecular flexibility index (Phi) is 5.42. The van der Waals surface area contributed by atoms with Crippen molar-refractivity contribution in [2.75, 3.05) is 5.32 Å². The van der Waals surface area contributed by atoms with Crippen LogP contribution in [0.2, 0.25) is 0 Å². The molecule has 0 aliphatic carbocycles. The predicted octanol–water partition coefficient (Wildman–Crippen LogP) is 3.97. The number of hydrogen-bond acceptors (Lipinski definition) is 5. The van der Waals surface area contributed by atoms with Crippen molar-refractivity contribution in [2.24, 2.45) is 0 Å². The summed E-state index contributed by atoms with van der Waals surface area (Å²) >= 11 is 0. The van der Waals surface area contributed by atoms with Crippen molar-refractivity contribution in [3.8, 4) is 16.9 Å². The molecule has 0 saturated heterocycles. The summed E-state index contributed by atoms with van der Waals surface area (Å²) in [6.45, 7) is 0.509. The number of carbonyl (C=O) groups is 1.